The Kier molecular flexibility index (Phi) is 8.31. The van der Waals surface area contributed by atoms with Crippen molar-refractivity contribution in [2.45, 2.75) is 26.7 Å². The van der Waals surface area contributed by atoms with Crippen LogP contribution in [0.1, 0.15) is 25.8 Å². The van der Waals surface area contributed by atoms with E-state index >= 15 is 0 Å². The van der Waals surface area contributed by atoms with Crippen molar-refractivity contribution in [1.82, 2.24) is 5.32 Å². The Hall–Kier alpha value is -0.380. The topological polar surface area (TPSA) is 21.3 Å². The van der Waals surface area contributed by atoms with Gasteiger partial charge in [-0.05, 0) is 56.5 Å². The van der Waals surface area contributed by atoms with Crippen LogP contribution in [0, 0.1) is 5.92 Å². The molecule has 0 spiro atoms. The molecule has 1 rings (SSSR count). The molecule has 1 unspecified atom stereocenters. The summed E-state index contributed by atoms with van der Waals surface area (Å²) in [6.07, 6.45) is 2.23. The van der Waals surface area contributed by atoms with E-state index in [2.05, 4.69) is 52.4 Å². The number of rotatable bonds is 9. The van der Waals surface area contributed by atoms with Crippen molar-refractivity contribution >= 4 is 15.9 Å². The van der Waals surface area contributed by atoms with Crippen LogP contribution in [0.5, 0.6) is 0 Å². The quantitative estimate of drug-likeness (QED) is 0.703. The SMILES string of the molecule is CCNCC(CCOCC)Cc1cccc(Br)c1. The van der Waals surface area contributed by atoms with E-state index in [9.17, 15) is 0 Å². The Bertz CT molecular complexity index is 330. The second-order valence-corrected chi connectivity index (χ2v) is 5.41. The van der Waals surface area contributed by atoms with E-state index in [1.165, 1.54) is 5.56 Å². The highest BCUT2D eigenvalue weighted by atomic mass is 79.9. The summed E-state index contributed by atoms with van der Waals surface area (Å²) in [7, 11) is 0. The second-order valence-electron chi connectivity index (χ2n) is 4.49. The van der Waals surface area contributed by atoms with Gasteiger partial charge in [-0.15, -0.1) is 0 Å². The van der Waals surface area contributed by atoms with Crippen LogP contribution in [0.2, 0.25) is 0 Å². The molecule has 0 bridgehead atoms. The third-order valence-corrected chi connectivity index (χ3v) is 3.46. The van der Waals surface area contributed by atoms with E-state index in [0.29, 0.717) is 5.92 Å². The fraction of sp³-hybridized carbons (Fsp3) is 0.600. The van der Waals surface area contributed by atoms with Gasteiger partial charge in [0.15, 0.2) is 0 Å². The van der Waals surface area contributed by atoms with Crippen LogP contribution in [-0.4, -0.2) is 26.3 Å². The van der Waals surface area contributed by atoms with Crippen LogP contribution in [0.3, 0.4) is 0 Å². The molecule has 0 heterocycles. The largest absolute Gasteiger partial charge is 0.382 e. The summed E-state index contributed by atoms with van der Waals surface area (Å²) in [4.78, 5) is 0. The first-order valence-corrected chi connectivity index (χ1v) is 7.58. The Morgan fingerprint density at radius 1 is 1.33 bits per heavy atom. The lowest BCUT2D eigenvalue weighted by atomic mass is 9.96. The predicted octanol–water partition coefficient (Wildman–Crippen LogP) is 3.64. The van der Waals surface area contributed by atoms with Crippen molar-refractivity contribution < 1.29 is 4.74 Å². The summed E-state index contributed by atoms with van der Waals surface area (Å²) in [5.74, 6) is 0.644. The molecule has 1 N–H and O–H groups in total. The van der Waals surface area contributed by atoms with Gasteiger partial charge in [0.2, 0.25) is 0 Å². The maximum Gasteiger partial charge on any atom is 0.0469 e. The molecule has 1 aromatic rings. The van der Waals surface area contributed by atoms with Gasteiger partial charge in [-0.25, -0.2) is 0 Å². The van der Waals surface area contributed by atoms with Crippen molar-refractivity contribution in [3.63, 3.8) is 0 Å². The molecule has 1 atom stereocenters. The van der Waals surface area contributed by atoms with E-state index in [1.54, 1.807) is 0 Å². The van der Waals surface area contributed by atoms with Gasteiger partial charge < -0.3 is 10.1 Å². The first kappa shape index (κ1) is 15.7. The van der Waals surface area contributed by atoms with E-state index < -0.39 is 0 Å². The van der Waals surface area contributed by atoms with Gasteiger partial charge in [0, 0.05) is 17.7 Å². The van der Waals surface area contributed by atoms with Crippen LogP contribution in [0.4, 0.5) is 0 Å². The van der Waals surface area contributed by atoms with Crippen LogP contribution in [0.25, 0.3) is 0 Å². The molecule has 0 fully saturated rings. The zero-order valence-electron chi connectivity index (χ0n) is 11.4. The van der Waals surface area contributed by atoms with E-state index in [-0.39, 0.29) is 0 Å². The maximum absolute atomic E-state index is 5.47. The first-order chi connectivity index (χ1) is 8.76. The monoisotopic (exact) mass is 313 g/mol. The third-order valence-electron chi connectivity index (χ3n) is 2.97. The van der Waals surface area contributed by atoms with Gasteiger partial charge in [0.05, 0.1) is 0 Å². The maximum atomic E-state index is 5.47. The summed E-state index contributed by atoms with van der Waals surface area (Å²) in [5.41, 5.74) is 1.39. The lowest BCUT2D eigenvalue weighted by molar-refractivity contribution is 0.131. The molecule has 0 saturated heterocycles. The molecule has 102 valence electrons. The van der Waals surface area contributed by atoms with Gasteiger partial charge in [0.1, 0.15) is 0 Å². The molecule has 2 nitrogen and oxygen atoms in total. The highest BCUT2D eigenvalue weighted by Crippen LogP contribution is 2.16. The average Bonchev–Trinajstić information content (AvgIpc) is 2.36. The molecule has 0 aromatic heterocycles. The number of halogens is 1. The molecule has 18 heavy (non-hydrogen) atoms. The fourth-order valence-electron chi connectivity index (χ4n) is 2.02. The molecule has 1 aromatic carbocycles. The molecule has 0 amide bonds. The standard InChI is InChI=1S/C15H24BrNO/c1-3-17-12-14(8-9-18-4-2)10-13-6-5-7-15(16)11-13/h5-7,11,14,17H,3-4,8-10,12H2,1-2H3. The van der Waals surface area contributed by atoms with Gasteiger partial charge >= 0.3 is 0 Å². The number of ether oxygens (including phenoxy) is 1. The minimum atomic E-state index is 0.644. The minimum absolute atomic E-state index is 0.644. The first-order valence-electron chi connectivity index (χ1n) is 6.79. The Labute approximate surface area is 119 Å². The second kappa shape index (κ2) is 9.54. The lowest BCUT2D eigenvalue weighted by Gasteiger charge is -2.17. The minimum Gasteiger partial charge on any atom is -0.382 e. The summed E-state index contributed by atoms with van der Waals surface area (Å²) in [6, 6.07) is 8.58. The Balaban J connectivity index is 2.48. The average molecular weight is 314 g/mol. The van der Waals surface area contributed by atoms with Crippen molar-refractivity contribution in [2.24, 2.45) is 5.92 Å². The normalized spacial score (nSPS) is 12.6. The summed E-state index contributed by atoms with van der Waals surface area (Å²) in [6.45, 7) is 7.97. The van der Waals surface area contributed by atoms with Crippen LogP contribution < -0.4 is 5.32 Å². The molecule has 0 aliphatic heterocycles. The summed E-state index contributed by atoms with van der Waals surface area (Å²) >= 11 is 3.53. The van der Waals surface area contributed by atoms with Gasteiger partial charge in [-0.1, -0.05) is 35.0 Å². The zero-order chi connectivity index (χ0) is 13.2. The van der Waals surface area contributed by atoms with Gasteiger partial charge in [0.25, 0.3) is 0 Å². The molecule has 0 aliphatic carbocycles. The van der Waals surface area contributed by atoms with Crippen molar-refractivity contribution in [3.05, 3.63) is 34.3 Å². The van der Waals surface area contributed by atoms with E-state index in [0.717, 1.165) is 43.6 Å². The molecule has 0 saturated carbocycles. The van der Waals surface area contributed by atoms with Crippen LogP contribution in [0.15, 0.2) is 28.7 Å². The molecular weight excluding hydrogens is 290 g/mol. The molecule has 3 heteroatoms. The van der Waals surface area contributed by atoms with Gasteiger partial charge in [-0.3, -0.25) is 0 Å². The Morgan fingerprint density at radius 2 is 2.17 bits per heavy atom. The highest BCUT2D eigenvalue weighted by Gasteiger charge is 2.09. The van der Waals surface area contributed by atoms with Crippen molar-refractivity contribution in [1.29, 1.82) is 0 Å². The van der Waals surface area contributed by atoms with E-state index in [1.807, 2.05) is 6.92 Å². The lowest BCUT2D eigenvalue weighted by Crippen LogP contribution is -2.25. The van der Waals surface area contributed by atoms with E-state index in [4.69, 9.17) is 4.74 Å². The van der Waals surface area contributed by atoms with Gasteiger partial charge in [-0.2, -0.15) is 0 Å². The fourth-order valence-corrected chi connectivity index (χ4v) is 2.46. The zero-order valence-corrected chi connectivity index (χ0v) is 13.0. The van der Waals surface area contributed by atoms with Crippen LogP contribution >= 0.6 is 15.9 Å². The smallest absolute Gasteiger partial charge is 0.0469 e. The highest BCUT2D eigenvalue weighted by molar-refractivity contribution is 9.10. The Morgan fingerprint density at radius 3 is 2.83 bits per heavy atom. The number of hydrogen-bond donors (Lipinski definition) is 1. The summed E-state index contributed by atoms with van der Waals surface area (Å²) in [5, 5.41) is 3.44. The van der Waals surface area contributed by atoms with Crippen LogP contribution in [-0.2, 0) is 11.2 Å². The summed E-state index contributed by atoms with van der Waals surface area (Å²) < 4.78 is 6.63. The molecule has 0 aliphatic rings. The van der Waals surface area contributed by atoms with Crippen molar-refractivity contribution in [3.8, 4) is 0 Å². The van der Waals surface area contributed by atoms with Crippen molar-refractivity contribution in [2.75, 3.05) is 26.3 Å². The predicted molar refractivity (Wildman–Crippen MR) is 81.0 cm³/mol. The molecule has 0 radical (unpaired) electrons. The number of nitrogens with one attached hydrogen (secondary N) is 1. The number of hydrogen-bond acceptors (Lipinski definition) is 2. The number of benzene rings is 1. The molecular formula is C15H24BrNO. The third kappa shape index (κ3) is 6.53.